The van der Waals surface area contributed by atoms with Crippen LogP contribution in [0.2, 0.25) is 0 Å². The highest BCUT2D eigenvalue weighted by Crippen LogP contribution is 2.25. The Hall–Kier alpha value is -2.11. The minimum Gasteiger partial charge on any atom is -0.309 e. The highest BCUT2D eigenvalue weighted by molar-refractivity contribution is 5.63. The molecule has 1 fully saturated rings. The maximum absolute atomic E-state index is 9.11. The Morgan fingerprint density at radius 3 is 2.38 bits per heavy atom. The van der Waals surface area contributed by atoms with Gasteiger partial charge in [0.1, 0.15) is 0 Å². The van der Waals surface area contributed by atoms with Crippen molar-refractivity contribution in [2.75, 3.05) is 0 Å². The highest BCUT2D eigenvalue weighted by atomic mass is 14.9. The molecule has 1 aliphatic carbocycles. The molecule has 2 heteroatoms. The second-order valence-corrected chi connectivity index (χ2v) is 5.72. The topological polar surface area (TPSA) is 35.8 Å². The maximum Gasteiger partial charge on any atom is 0.0672 e. The van der Waals surface area contributed by atoms with Crippen LogP contribution in [0.5, 0.6) is 0 Å². The third kappa shape index (κ3) is 3.32. The van der Waals surface area contributed by atoms with E-state index < -0.39 is 0 Å². The molecule has 0 aliphatic heterocycles. The van der Waals surface area contributed by atoms with E-state index in [1.165, 1.54) is 23.1 Å². The van der Waals surface area contributed by atoms with Crippen LogP contribution in [0, 0.1) is 17.2 Å². The van der Waals surface area contributed by atoms with Gasteiger partial charge in [-0.1, -0.05) is 61.0 Å². The van der Waals surface area contributed by atoms with Crippen LogP contribution in [0.3, 0.4) is 0 Å². The van der Waals surface area contributed by atoms with Gasteiger partial charge in [-0.15, -0.1) is 0 Å². The fourth-order valence-corrected chi connectivity index (χ4v) is 3.05. The van der Waals surface area contributed by atoms with Crippen molar-refractivity contribution in [1.82, 2.24) is 5.32 Å². The Balaban J connectivity index is 1.61. The minimum absolute atomic E-state index is 0.189. The van der Waals surface area contributed by atoms with Gasteiger partial charge in [0.25, 0.3) is 0 Å². The molecule has 0 radical (unpaired) electrons. The molecule has 2 nitrogen and oxygen atoms in total. The Morgan fingerprint density at radius 1 is 0.952 bits per heavy atom. The Morgan fingerprint density at radius 2 is 1.67 bits per heavy atom. The van der Waals surface area contributed by atoms with Crippen LogP contribution in [-0.2, 0) is 6.54 Å². The first kappa shape index (κ1) is 13.9. The third-order valence-electron chi connectivity index (χ3n) is 4.31. The van der Waals surface area contributed by atoms with Gasteiger partial charge in [-0.05, 0) is 29.5 Å². The van der Waals surface area contributed by atoms with Crippen LogP contribution in [0.15, 0.2) is 54.6 Å². The summed E-state index contributed by atoms with van der Waals surface area (Å²) in [6, 6.07) is 21.9. The summed E-state index contributed by atoms with van der Waals surface area (Å²) in [5.74, 6) is 0.189. The number of benzene rings is 2. The lowest BCUT2D eigenvalue weighted by atomic mass is 10.0. The van der Waals surface area contributed by atoms with E-state index in [1.54, 1.807) is 0 Å². The minimum atomic E-state index is 0.189. The van der Waals surface area contributed by atoms with Crippen molar-refractivity contribution in [1.29, 1.82) is 5.26 Å². The monoisotopic (exact) mass is 276 g/mol. The van der Waals surface area contributed by atoms with Gasteiger partial charge >= 0.3 is 0 Å². The number of hydrogen-bond donors (Lipinski definition) is 1. The normalized spacial score (nSPS) is 21.1. The molecular weight excluding hydrogens is 256 g/mol. The fraction of sp³-hybridized carbons (Fsp3) is 0.316. The number of nitrogens with zero attached hydrogens (tertiary/aromatic N) is 1. The molecule has 0 spiro atoms. The molecule has 2 unspecified atom stereocenters. The van der Waals surface area contributed by atoms with E-state index in [2.05, 4.69) is 59.9 Å². The summed E-state index contributed by atoms with van der Waals surface area (Å²) in [5.41, 5.74) is 3.77. The molecule has 106 valence electrons. The number of nitriles is 1. The largest absolute Gasteiger partial charge is 0.309 e. The van der Waals surface area contributed by atoms with Crippen LogP contribution in [0.1, 0.15) is 24.8 Å². The van der Waals surface area contributed by atoms with Crippen molar-refractivity contribution >= 4 is 0 Å². The Kier molecular flexibility index (Phi) is 4.33. The van der Waals surface area contributed by atoms with Crippen molar-refractivity contribution in [3.05, 3.63) is 60.2 Å². The van der Waals surface area contributed by atoms with E-state index in [1.807, 2.05) is 6.07 Å². The lowest BCUT2D eigenvalue weighted by Crippen LogP contribution is -2.31. The summed E-state index contributed by atoms with van der Waals surface area (Å²) >= 11 is 0. The number of hydrogen-bond acceptors (Lipinski definition) is 2. The van der Waals surface area contributed by atoms with Gasteiger partial charge in [0.05, 0.1) is 12.0 Å². The summed E-state index contributed by atoms with van der Waals surface area (Å²) in [6.07, 6.45) is 3.34. The predicted molar refractivity (Wildman–Crippen MR) is 85.5 cm³/mol. The van der Waals surface area contributed by atoms with Gasteiger partial charge in [-0.25, -0.2) is 0 Å². The maximum atomic E-state index is 9.11. The predicted octanol–water partition coefficient (Wildman–Crippen LogP) is 4.14. The van der Waals surface area contributed by atoms with Crippen molar-refractivity contribution in [3.8, 4) is 17.2 Å². The average Bonchev–Trinajstić information content (AvgIpc) is 3.02. The lowest BCUT2D eigenvalue weighted by molar-refractivity contribution is 0.464. The van der Waals surface area contributed by atoms with Gasteiger partial charge in [-0.3, -0.25) is 0 Å². The van der Waals surface area contributed by atoms with Crippen LogP contribution >= 0.6 is 0 Å². The number of rotatable bonds is 4. The summed E-state index contributed by atoms with van der Waals surface area (Å²) in [5, 5.41) is 12.6. The molecule has 0 amide bonds. The molecule has 0 bridgehead atoms. The second kappa shape index (κ2) is 6.56. The van der Waals surface area contributed by atoms with E-state index >= 15 is 0 Å². The lowest BCUT2D eigenvalue weighted by Gasteiger charge is -2.15. The van der Waals surface area contributed by atoms with Crippen molar-refractivity contribution in [2.45, 2.75) is 31.8 Å². The Bertz CT molecular complexity index is 610. The number of nitrogens with one attached hydrogen (secondary N) is 1. The van der Waals surface area contributed by atoms with Gasteiger partial charge in [0.15, 0.2) is 0 Å². The SMILES string of the molecule is N#CC1CCCC1NCc1ccc(-c2ccccc2)cc1. The molecule has 2 atom stereocenters. The quantitative estimate of drug-likeness (QED) is 0.911. The van der Waals surface area contributed by atoms with Gasteiger partial charge in [0.2, 0.25) is 0 Å². The standard InChI is InChI=1S/C19H20N2/c20-13-18-7-4-8-19(18)21-14-15-9-11-17(12-10-15)16-5-2-1-3-6-16/h1-3,5-6,9-12,18-19,21H,4,7-8,14H2. The van der Waals surface area contributed by atoms with Gasteiger partial charge in [0, 0.05) is 12.6 Å². The smallest absolute Gasteiger partial charge is 0.0672 e. The summed E-state index contributed by atoms with van der Waals surface area (Å²) in [7, 11) is 0. The first-order valence-electron chi connectivity index (χ1n) is 7.64. The van der Waals surface area contributed by atoms with E-state index in [0.29, 0.717) is 6.04 Å². The van der Waals surface area contributed by atoms with E-state index in [9.17, 15) is 0 Å². The molecule has 0 saturated heterocycles. The zero-order valence-corrected chi connectivity index (χ0v) is 12.1. The van der Waals surface area contributed by atoms with Crippen LogP contribution < -0.4 is 5.32 Å². The average molecular weight is 276 g/mol. The molecule has 2 aromatic carbocycles. The summed E-state index contributed by atoms with van der Waals surface area (Å²) in [6.45, 7) is 0.845. The third-order valence-corrected chi connectivity index (χ3v) is 4.31. The first-order valence-corrected chi connectivity index (χ1v) is 7.64. The summed E-state index contributed by atoms with van der Waals surface area (Å²) < 4.78 is 0. The zero-order chi connectivity index (χ0) is 14.5. The zero-order valence-electron chi connectivity index (χ0n) is 12.1. The van der Waals surface area contributed by atoms with Crippen molar-refractivity contribution in [3.63, 3.8) is 0 Å². The fourth-order valence-electron chi connectivity index (χ4n) is 3.05. The van der Waals surface area contributed by atoms with E-state index in [4.69, 9.17) is 5.26 Å². The molecule has 1 N–H and O–H groups in total. The van der Waals surface area contributed by atoms with Gasteiger partial charge in [-0.2, -0.15) is 5.26 Å². The molecular formula is C19H20N2. The van der Waals surface area contributed by atoms with Gasteiger partial charge < -0.3 is 5.32 Å². The highest BCUT2D eigenvalue weighted by Gasteiger charge is 2.26. The van der Waals surface area contributed by atoms with E-state index in [0.717, 1.165) is 19.4 Å². The second-order valence-electron chi connectivity index (χ2n) is 5.72. The molecule has 0 aromatic heterocycles. The molecule has 3 rings (SSSR count). The summed E-state index contributed by atoms with van der Waals surface area (Å²) in [4.78, 5) is 0. The first-order chi connectivity index (χ1) is 10.4. The van der Waals surface area contributed by atoms with Crippen LogP contribution in [-0.4, -0.2) is 6.04 Å². The molecule has 0 heterocycles. The molecule has 2 aromatic rings. The Labute approximate surface area is 126 Å². The van der Waals surface area contributed by atoms with Crippen molar-refractivity contribution in [2.24, 2.45) is 5.92 Å². The van der Waals surface area contributed by atoms with Crippen molar-refractivity contribution < 1.29 is 0 Å². The van der Waals surface area contributed by atoms with Crippen LogP contribution in [0.25, 0.3) is 11.1 Å². The molecule has 21 heavy (non-hydrogen) atoms. The van der Waals surface area contributed by atoms with E-state index in [-0.39, 0.29) is 5.92 Å². The van der Waals surface area contributed by atoms with Crippen LogP contribution in [0.4, 0.5) is 0 Å². The molecule has 1 saturated carbocycles. The molecule has 1 aliphatic rings.